The van der Waals surface area contributed by atoms with Gasteiger partial charge >= 0.3 is 0 Å². The Morgan fingerprint density at radius 1 is 1.28 bits per heavy atom. The van der Waals surface area contributed by atoms with E-state index in [4.69, 9.17) is 0 Å². The summed E-state index contributed by atoms with van der Waals surface area (Å²) >= 11 is 0. The van der Waals surface area contributed by atoms with E-state index in [0.717, 1.165) is 11.3 Å². The number of amides is 2. The first-order chi connectivity index (χ1) is 8.52. The number of nitrogens with zero attached hydrogens (tertiary/aromatic N) is 1. The van der Waals surface area contributed by atoms with Crippen LogP contribution >= 0.6 is 0 Å². The Morgan fingerprint density at radius 3 is 2.61 bits per heavy atom. The van der Waals surface area contributed by atoms with E-state index in [1.165, 1.54) is 0 Å². The van der Waals surface area contributed by atoms with E-state index in [1.807, 2.05) is 31.2 Å². The zero-order chi connectivity index (χ0) is 13.5. The lowest BCUT2D eigenvalue weighted by atomic mass is 10.1. The molecule has 2 amide bonds. The molecule has 1 rings (SSSR count). The Bertz CT molecular complexity index is 428. The molecular weight excluding hydrogens is 228 g/mol. The fraction of sp³-hybridized carbons (Fsp3) is 0.429. The van der Waals surface area contributed by atoms with Gasteiger partial charge in [-0.3, -0.25) is 9.59 Å². The van der Waals surface area contributed by atoms with Crippen LogP contribution in [0, 0.1) is 0 Å². The maximum absolute atomic E-state index is 11.5. The van der Waals surface area contributed by atoms with Crippen molar-refractivity contribution >= 4 is 17.5 Å². The molecule has 4 heteroatoms. The molecule has 0 saturated heterocycles. The van der Waals surface area contributed by atoms with Crippen LogP contribution in [-0.4, -0.2) is 30.8 Å². The molecule has 0 heterocycles. The summed E-state index contributed by atoms with van der Waals surface area (Å²) in [5.74, 6) is 0.106. The summed E-state index contributed by atoms with van der Waals surface area (Å²) in [6, 6.07) is 7.62. The summed E-state index contributed by atoms with van der Waals surface area (Å²) < 4.78 is 0. The van der Waals surface area contributed by atoms with Crippen molar-refractivity contribution in [2.75, 3.05) is 19.4 Å². The number of rotatable bonds is 5. The van der Waals surface area contributed by atoms with Gasteiger partial charge in [-0.05, 0) is 24.1 Å². The van der Waals surface area contributed by atoms with Crippen LogP contribution < -0.4 is 5.32 Å². The number of hydrogen-bond donors (Lipinski definition) is 1. The van der Waals surface area contributed by atoms with E-state index in [1.54, 1.807) is 19.0 Å². The monoisotopic (exact) mass is 248 g/mol. The van der Waals surface area contributed by atoms with Crippen molar-refractivity contribution in [3.63, 3.8) is 0 Å². The van der Waals surface area contributed by atoms with Crippen molar-refractivity contribution in [3.8, 4) is 0 Å². The van der Waals surface area contributed by atoms with Crippen molar-refractivity contribution in [1.82, 2.24) is 4.90 Å². The molecule has 0 saturated carbocycles. The van der Waals surface area contributed by atoms with Gasteiger partial charge in [0.1, 0.15) is 0 Å². The lowest BCUT2D eigenvalue weighted by Crippen LogP contribution is -2.21. The summed E-state index contributed by atoms with van der Waals surface area (Å²) in [5, 5.41) is 2.81. The van der Waals surface area contributed by atoms with Crippen LogP contribution in [0.2, 0.25) is 0 Å². The molecule has 0 radical (unpaired) electrons. The number of aryl methyl sites for hydroxylation is 1. The second kappa shape index (κ2) is 6.79. The summed E-state index contributed by atoms with van der Waals surface area (Å²) in [4.78, 5) is 24.3. The van der Waals surface area contributed by atoms with Crippen LogP contribution in [0.4, 0.5) is 5.69 Å². The van der Waals surface area contributed by atoms with E-state index < -0.39 is 0 Å². The largest absolute Gasteiger partial charge is 0.349 e. The van der Waals surface area contributed by atoms with E-state index in [9.17, 15) is 9.59 Å². The smallest absolute Gasteiger partial charge is 0.224 e. The second-order valence-corrected chi connectivity index (χ2v) is 4.39. The highest BCUT2D eigenvalue weighted by molar-refractivity contribution is 5.90. The Kier molecular flexibility index (Phi) is 5.36. The van der Waals surface area contributed by atoms with Crippen LogP contribution in [0.3, 0.4) is 0 Å². The molecule has 0 bridgehead atoms. The van der Waals surface area contributed by atoms with Crippen molar-refractivity contribution in [2.24, 2.45) is 0 Å². The van der Waals surface area contributed by atoms with Crippen LogP contribution in [0.1, 0.15) is 25.3 Å². The van der Waals surface area contributed by atoms with E-state index in [-0.39, 0.29) is 11.8 Å². The Morgan fingerprint density at radius 2 is 2.00 bits per heavy atom. The van der Waals surface area contributed by atoms with Crippen LogP contribution in [0.15, 0.2) is 24.3 Å². The molecule has 1 N–H and O–H groups in total. The quantitative estimate of drug-likeness (QED) is 0.867. The van der Waals surface area contributed by atoms with Crippen molar-refractivity contribution in [1.29, 1.82) is 0 Å². The molecule has 1 aromatic carbocycles. The minimum absolute atomic E-state index is 0.00322. The highest BCUT2D eigenvalue weighted by Crippen LogP contribution is 2.13. The minimum Gasteiger partial charge on any atom is -0.349 e. The number of hydrogen-bond acceptors (Lipinski definition) is 2. The SMILES string of the molecule is CCC(=O)Nc1cccc(CCC(=O)N(C)C)c1. The van der Waals surface area contributed by atoms with Gasteiger partial charge in [-0.1, -0.05) is 19.1 Å². The standard InChI is InChI=1S/C14H20N2O2/c1-4-13(17)15-12-7-5-6-11(10-12)8-9-14(18)16(2)3/h5-7,10H,4,8-9H2,1-3H3,(H,15,17). The normalized spacial score (nSPS) is 9.94. The van der Waals surface area contributed by atoms with E-state index in [0.29, 0.717) is 19.3 Å². The number of carbonyl (C=O) groups excluding carboxylic acids is 2. The Labute approximate surface area is 108 Å². The third-order valence-corrected chi connectivity index (χ3v) is 2.66. The molecule has 0 aliphatic carbocycles. The van der Waals surface area contributed by atoms with Gasteiger partial charge in [-0.25, -0.2) is 0 Å². The predicted molar refractivity (Wildman–Crippen MR) is 72.4 cm³/mol. The van der Waals surface area contributed by atoms with Crippen LogP contribution in [0.25, 0.3) is 0 Å². The first-order valence-corrected chi connectivity index (χ1v) is 6.12. The second-order valence-electron chi connectivity index (χ2n) is 4.39. The maximum Gasteiger partial charge on any atom is 0.224 e. The topological polar surface area (TPSA) is 49.4 Å². The average molecular weight is 248 g/mol. The molecule has 18 heavy (non-hydrogen) atoms. The zero-order valence-electron chi connectivity index (χ0n) is 11.2. The highest BCUT2D eigenvalue weighted by Gasteiger charge is 2.05. The fourth-order valence-electron chi connectivity index (χ4n) is 1.53. The fourth-order valence-corrected chi connectivity index (χ4v) is 1.53. The van der Waals surface area contributed by atoms with Crippen molar-refractivity contribution in [2.45, 2.75) is 26.2 Å². The van der Waals surface area contributed by atoms with Crippen LogP contribution in [0.5, 0.6) is 0 Å². The van der Waals surface area contributed by atoms with E-state index in [2.05, 4.69) is 5.32 Å². The maximum atomic E-state index is 11.5. The first-order valence-electron chi connectivity index (χ1n) is 6.12. The third kappa shape index (κ3) is 4.57. The summed E-state index contributed by atoms with van der Waals surface area (Å²) in [6.07, 6.45) is 1.63. The number of carbonyl (C=O) groups is 2. The molecule has 1 aromatic rings. The minimum atomic E-state index is -0.00322. The molecule has 0 aliphatic rings. The number of nitrogens with one attached hydrogen (secondary N) is 1. The van der Waals surface area contributed by atoms with Gasteiger partial charge in [0.05, 0.1) is 0 Å². The molecule has 0 spiro atoms. The molecule has 0 aliphatic heterocycles. The van der Waals surface area contributed by atoms with Gasteiger partial charge in [0, 0.05) is 32.6 Å². The lowest BCUT2D eigenvalue weighted by molar-refractivity contribution is -0.128. The Balaban J connectivity index is 2.59. The molecule has 0 fully saturated rings. The number of anilines is 1. The summed E-state index contributed by atoms with van der Waals surface area (Å²) in [7, 11) is 3.50. The summed E-state index contributed by atoms with van der Waals surface area (Å²) in [6.45, 7) is 1.81. The van der Waals surface area contributed by atoms with Crippen LogP contribution in [-0.2, 0) is 16.0 Å². The zero-order valence-corrected chi connectivity index (χ0v) is 11.2. The van der Waals surface area contributed by atoms with Gasteiger partial charge in [0.2, 0.25) is 11.8 Å². The lowest BCUT2D eigenvalue weighted by Gasteiger charge is -2.10. The average Bonchev–Trinajstić information content (AvgIpc) is 2.36. The van der Waals surface area contributed by atoms with Crippen molar-refractivity contribution in [3.05, 3.63) is 29.8 Å². The molecule has 0 aromatic heterocycles. The molecule has 0 atom stereocenters. The molecule has 0 unspecified atom stereocenters. The Hall–Kier alpha value is -1.84. The van der Waals surface area contributed by atoms with Gasteiger partial charge in [0.25, 0.3) is 0 Å². The summed E-state index contributed by atoms with van der Waals surface area (Å²) in [5.41, 5.74) is 1.84. The first kappa shape index (κ1) is 14.2. The van der Waals surface area contributed by atoms with Gasteiger partial charge in [-0.2, -0.15) is 0 Å². The van der Waals surface area contributed by atoms with E-state index >= 15 is 0 Å². The van der Waals surface area contributed by atoms with Gasteiger partial charge in [0.15, 0.2) is 0 Å². The number of benzene rings is 1. The van der Waals surface area contributed by atoms with Crippen molar-refractivity contribution < 1.29 is 9.59 Å². The van der Waals surface area contributed by atoms with Gasteiger partial charge < -0.3 is 10.2 Å². The molecular formula is C14H20N2O2. The van der Waals surface area contributed by atoms with Gasteiger partial charge in [-0.15, -0.1) is 0 Å². The molecule has 98 valence electrons. The molecule has 4 nitrogen and oxygen atoms in total. The predicted octanol–water partition coefficient (Wildman–Crippen LogP) is 2.06. The highest BCUT2D eigenvalue weighted by atomic mass is 16.2. The third-order valence-electron chi connectivity index (χ3n) is 2.66.